The maximum Gasteiger partial charge on any atom is 0.286 e. The topological polar surface area (TPSA) is 80.3 Å². The molecule has 0 atom stereocenters. The van der Waals surface area contributed by atoms with Crippen LogP contribution in [-0.4, -0.2) is 34.8 Å². The molecule has 0 saturated carbocycles. The van der Waals surface area contributed by atoms with E-state index in [4.69, 9.17) is 4.74 Å². The second kappa shape index (κ2) is 6.60. The number of amides is 1. The van der Waals surface area contributed by atoms with Gasteiger partial charge >= 0.3 is 0 Å². The fourth-order valence-electron chi connectivity index (χ4n) is 2.55. The average Bonchev–Trinajstić information content (AvgIpc) is 2.92. The van der Waals surface area contributed by atoms with E-state index in [9.17, 15) is 9.59 Å². The highest BCUT2D eigenvalue weighted by atomic mass is 32.1. The molecule has 2 N–H and O–H groups in total. The first-order chi connectivity index (χ1) is 11.4. The largest absolute Gasteiger partial charge is 0.482 e. The number of aromatic nitrogens is 1. The van der Waals surface area contributed by atoms with Crippen LogP contribution in [0.5, 0.6) is 0 Å². The zero-order valence-electron chi connectivity index (χ0n) is 13.6. The van der Waals surface area contributed by atoms with E-state index in [-0.39, 0.29) is 23.9 Å². The van der Waals surface area contributed by atoms with Crippen molar-refractivity contribution in [3.05, 3.63) is 36.1 Å². The van der Waals surface area contributed by atoms with Gasteiger partial charge in [-0.3, -0.25) is 9.59 Å². The predicted octanol–water partition coefficient (Wildman–Crippen LogP) is 2.48. The van der Waals surface area contributed by atoms with Crippen molar-refractivity contribution in [2.24, 2.45) is 0 Å². The van der Waals surface area contributed by atoms with Crippen LogP contribution >= 0.6 is 11.5 Å². The second-order valence-electron chi connectivity index (χ2n) is 6.22. The Labute approximate surface area is 144 Å². The van der Waals surface area contributed by atoms with E-state index in [2.05, 4.69) is 15.0 Å². The fraction of sp³-hybridized carbons (Fsp3) is 0.353. The summed E-state index contributed by atoms with van der Waals surface area (Å²) >= 11 is 1.43. The Morgan fingerprint density at radius 1 is 1.33 bits per heavy atom. The van der Waals surface area contributed by atoms with Crippen molar-refractivity contribution in [3.8, 4) is 0 Å². The Hall–Kier alpha value is -2.41. The number of nitrogens with zero attached hydrogens (tertiary/aromatic N) is 1. The van der Waals surface area contributed by atoms with E-state index in [1.165, 1.54) is 17.6 Å². The van der Waals surface area contributed by atoms with Crippen LogP contribution in [0.25, 0.3) is 10.1 Å². The first kappa shape index (κ1) is 16.4. The molecule has 0 unspecified atom stereocenters. The Morgan fingerprint density at radius 2 is 2.12 bits per heavy atom. The minimum atomic E-state index is -0.643. The van der Waals surface area contributed by atoms with Crippen molar-refractivity contribution in [2.75, 3.05) is 18.4 Å². The van der Waals surface area contributed by atoms with Crippen LogP contribution < -0.4 is 10.6 Å². The van der Waals surface area contributed by atoms with E-state index < -0.39 is 5.60 Å². The highest BCUT2D eigenvalue weighted by Gasteiger charge is 2.31. The van der Waals surface area contributed by atoms with Crippen molar-refractivity contribution in [2.45, 2.75) is 25.9 Å². The minimum absolute atomic E-state index is 0.0790. The van der Waals surface area contributed by atoms with Gasteiger partial charge in [0.05, 0.1) is 4.70 Å². The molecule has 126 valence electrons. The summed E-state index contributed by atoms with van der Waals surface area (Å²) in [7, 11) is 0. The molecule has 3 rings (SSSR count). The Morgan fingerprint density at radius 3 is 2.92 bits per heavy atom. The fourth-order valence-corrected chi connectivity index (χ4v) is 3.30. The number of carbonyl (C=O) groups excluding carboxylic acids is 2. The third kappa shape index (κ3) is 3.73. The van der Waals surface area contributed by atoms with Gasteiger partial charge in [-0.05, 0) is 37.5 Å². The number of allylic oxidation sites excluding steroid dienone is 1. The summed E-state index contributed by atoms with van der Waals surface area (Å²) < 4.78 is 11.0. The maximum atomic E-state index is 12.1. The number of rotatable bonds is 5. The summed E-state index contributed by atoms with van der Waals surface area (Å²) in [6.07, 6.45) is 1.55. The van der Waals surface area contributed by atoms with Gasteiger partial charge < -0.3 is 15.4 Å². The van der Waals surface area contributed by atoms with Crippen molar-refractivity contribution in [1.82, 2.24) is 9.69 Å². The lowest BCUT2D eigenvalue weighted by Gasteiger charge is -2.29. The molecule has 1 aliphatic rings. The van der Waals surface area contributed by atoms with E-state index in [0.717, 1.165) is 15.9 Å². The molecule has 0 radical (unpaired) electrons. The molecule has 0 saturated heterocycles. The van der Waals surface area contributed by atoms with E-state index in [1.54, 1.807) is 13.8 Å². The lowest BCUT2D eigenvalue weighted by molar-refractivity contribution is -0.130. The number of benzene rings is 1. The third-order valence-corrected chi connectivity index (χ3v) is 4.41. The molecule has 2 heterocycles. The SMILES string of the molecule is CC1(C)CC(=O)C=C(C(=O)NCCNc2nsc3ccccc23)O1. The monoisotopic (exact) mass is 345 g/mol. The zero-order valence-corrected chi connectivity index (χ0v) is 14.4. The molecule has 0 spiro atoms. The van der Waals surface area contributed by atoms with Crippen LogP contribution in [0.2, 0.25) is 0 Å². The number of hydrogen-bond acceptors (Lipinski definition) is 6. The van der Waals surface area contributed by atoms with Gasteiger partial charge in [0, 0.05) is 31.0 Å². The number of ether oxygens (including phenoxy) is 1. The molecule has 1 aromatic heterocycles. The van der Waals surface area contributed by atoms with Crippen molar-refractivity contribution in [1.29, 1.82) is 0 Å². The number of fused-ring (bicyclic) bond motifs is 1. The highest BCUT2D eigenvalue weighted by molar-refractivity contribution is 7.13. The first-order valence-electron chi connectivity index (χ1n) is 7.75. The molecular weight excluding hydrogens is 326 g/mol. The normalized spacial score (nSPS) is 16.4. The van der Waals surface area contributed by atoms with Crippen LogP contribution in [0, 0.1) is 0 Å². The predicted molar refractivity (Wildman–Crippen MR) is 94.0 cm³/mol. The highest BCUT2D eigenvalue weighted by Crippen LogP contribution is 2.26. The quantitative estimate of drug-likeness (QED) is 0.814. The summed E-state index contributed by atoms with van der Waals surface area (Å²) in [5.74, 6) is 0.425. The van der Waals surface area contributed by atoms with Gasteiger partial charge in [-0.15, -0.1) is 0 Å². The van der Waals surface area contributed by atoms with Gasteiger partial charge in [-0.25, -0.2) is 0 Å². The van der Waals surface area contributed by atoms with Gasteiger partial charge in [0.25, 0.3) is 5.91 Å². The number of ketones is 1. The van der Waals surface area contributed by atoms with Gasteiger partial charge in [-0.2, -0.15) is 4.37 Å². The summed E-state index contributed by atoms with van der Waals surface area (Å²) in [5.41, 5.74) is -0.643. The van der Waals surface area contributed by atoms with Crippen molar-refractivity contribution < 1.29 is 14.3 Å². The first-order valence-corrected chi connectivity index (χ1v) is 8.52. The maximum absolute atomic E-state index is 12.1. The molecule has 1 amide bonds. The summed E-state index contributed by atoms with van der Waals surface area (Å²) in [4.78, 5) is 23.8. The van der Waals surface area contributed by atoms with Crippen LogP contribution in [0.15, 0.2) is 36.1 Å². The molecule has 0 aliphatic carbocycles. The third-order valence-electron chi connectivity index (χ3n) is 3.58. The number of anilines is 1. The Bertz CT molecular complexity index is 810. The van der Waals surface area contributed by atoms with Gasteiger partial charge in [-0.1, -0.05) is 12.1 Å². The number of hydrogen-bond donors (Lipinski definition) is 2. The molecule has 2 aromatic rings. The lowest BCUT2D eigenvalue weighted by atomic mass is 9.98. The minimum Gasteiger partial charge on any atom is -0.482 e. The number of carbonyl (C=O) groups is 2. The van der Waals surface area contributed by atoms with E-state index >= 15 is 0 Å². The Kier molecular flexibility index (Phi) is 4.53. The van der Waals surface area contributed by atoms with Gasteiger partial charge in [0.2, 0.25) is 0 Å². The molecule has 24 heavy (non-hydrogen) atoms. The standard InChI is InChI=1S/C17H19N3O3S/c1-17(2)10-11(21)9-13(23-17)16(22)19-8-7-18-15-12-5-3-4-6-14(12)24-20-15/h3-6,9H,7-8,10H2,1-2H3,(H,18,20)(H,19,22). The molecule has 0 fully saturated rings. The van der Waals surface area contributed by atoms with E-state index in [0.29, 0.717) is 13.1 Å². The molecule has 6 nitrogen and oxygen atoms in total. The molecule has 0 bridgehead atoms. The van der Waals surface area contributed by atoms with Gasteiger partial charge in [0.1, 0.15) is 11.4 Å². The summed E-state index contributed by atoms with van der Waals surface area (Å²) in [5, 5.41) is 7.03. The molecular formula is C17H19N3O3S. The Balaban J connectivity index is 1.51. The van der Waals surface area contributed by atoms with Crippen molar-refractivity contribution in [3.63, 3.8) is 0 Å². The lowest BCUT2D eigenvalue weighted by Crippen LogP contribution is -2.38. The van der Waals surface area contributed by atoms with Gasteiger partial charge in [0.15, 0.2) is 11.5 Å². The van der Waals surface area contributed by atoms with Crippen molar-refractivity contribution >= 4 is 39.1 Å². The molecule has 1 aliphatic heterocycles. The molecule has 1 aromatic carbocycles. The van der Waals surface area contributed by atoms with Crippen LogP contribution in [0.3, 0.4) is 0 Å². The van der Waals surface area contributed by atoms with Crippen LogP contribution in [0.1, 0.15) is 20.3 Å². The van der Waals surface area contributed by atoms with Crippen LogP contribution in [0.4, 0.5) is 5.82 Å². The smallest absolute Gasteiger partial charge is 0.286 e. The summed E-state index contributed by atoms with van der Waals surface area (Å²) in [6, 6.07) is 7.97. The summed E-state index contributed by atoms with van der Waals surface area (Å²) in [6.45, 7) is 4.52. The van der Waals surface area contributed by atoms with E-state index in [1.807, 2.05) is 24.3 Å². The molecule has 7 heteroatoms. The second-order valence-corrected chi connectivity index (χ2v) is 7.03. The van der Waals surface area contributed by atoms with Crippen LogP contribution in [-0.2, 0) is 14.3 Å². The number of nitrogens with one attached hydrogen (secondary N) is 2. The average molecular weight is 345 g/mol. The zero-order chi connectivity index (χ0) is 17.2.